The third-order valence-corrected chi connectivity index (χ3v) is 2.80. The number of nitrogens with zero attached hydrogens (tertiary/aromatic N) is 1. The van der Waals surface area contributed by atoms with Crippen molar-refractivity contribution in [2.24, 2.45) is 5.73 Å². The first-order valence-corrected chi connectivity index (χ1v) is 5.34. The number of amides is 1. The summed E-state index contributed by atoms with van der Waals surface area (Å²) < 4.78 is 5.19. The van der Waals surface area contributed by atoms with Crippen molar-refractivity contribution in [2.75, 3.05) is 20.3 Å². The summed E-state index contributed by atoms with van der Waals surface area (Å²) in [5.41, 5.74) is 5.52. The first kappa shape index (κ1) is 12.9. The number of carbonyl (C=O) groups excluding carboxylic acids is 1. The van der Waals surface area contributed by atoms with E-state index in [0.717, 1.165) is 12.8 Å². The first-order valence-electron chi connectivity index (χ1n) is 5.34. The van der Waals surface area contributed by atoms with Crippen LogP contribution in [-0.2, 0) is 14.3 Å². The molecule has 6 nitrogen and oxygen atoms in total. The maximum absolute atomic E-state index is 11.8. The molecular formula is C10H18N2O4. The van der Waals surface area contributed by atoms with E-state index in [1.54, 1.807) is 11.9 Å². The monoisotopic (exact) mass is 230 g/mol. The minimum absolute atomic E-state index is 0.112. The molecule has 1 atom stereocenters. The van der Waals surface area contributed by atoms with Crippen molar-refractivity contribution in [2.45, 2.75) is 31.3 Å². The molecule has 92 valence electrons. The van der Waals surface area contributed by atoms with Crippen LogP contribution in [0.2, 0.25) is 0 Å². The Labute approximate surface area is 94.3 Å². The molecule has 0 radical (unpaired) electrons. The summed E-state index contributed by atoms with van der Waals surface area (Å²) in [6.07, 6.45) is 1.23. The van der Waals surface area contributed by atoms with Crippen molar-refractivity contribution in [3.8, 4) is 0 Å². The van der Waals surface area contributed by atoms with Gasteiger partial charge in [0.2, 0.25) is 5.91 Å². The highest BCUT2D eigenvalue weighted by Gasteiger charge is 2.27. The lowest BCUT2D eigenvalue weighted by atomic mass is 10.1. The zero-order valence-corrected chi connectivity index (χ0v) is 9.39. The molecule has 0 aromatic heterocycles. The van der Waals surface area contributed by atoms with Gasteiger partial charge in [0.1, 0.15) is 0 Å². The van der Waals surface area contributed by atoms with Gasteiger partial charge < -0.3 is 20.5 Å². The Hall–Kier alpha value is -1.14. The van der Waals surface area contributed by atoms with Crippen LogP contribution in [-0.4, -0.2) is 54.2 Å². The fourth-order valence-electron chi connectivity index (χ4n) is 1.79. The quantitative estimate of drug-likeness (QED) is 0.674. The van der Waals surface area contributed by atoms with E-state index in [9.17, 15) is 9.59 Å². The van der Waals surface area contributed by atoms with Crippen LogP contribution < -0.4 is 5.73 Å². The molecule has 0 aromatic rings. The number of carboxylic acid groups (broad SMARTS) is 1. The molecule has 16 heavy (non-hydrogen) atoms. The van der Waals surface area contributed by atoms with Crippen LogP contribution >= 0.6 is 0 Å². The van der Waals surface area contributed by atoms with Crippen molar-refractivity contribution in [1.29, 1.82) is 0 Å². The Bertz CT molecular complexity index is 264. The first-order chi connectivity index (χ1) is 7.52. The summed E-state index contributed by atoms with van der Waals surface area (Å²) in [5.74, 6) is -1.37. The number of likely N-dealkylation sites (N-methyl/N-ethyl adjacent to an activating group) is 1. The van der Waals surface area contributed by atoms with Gasteiger partial charge in [-0.1, -0.05) is 0 Å². The summed E-state index contributed by atoms with van der Waals surface area (Å²) in [5, 5.41) is 8.55. The second-order valence-corrected chi connectivity index (χ2v) is 4.00. The molecule has 1 amide bonds. The molecule has 0 aromatic carbocycles. The minimum Gasteiger partial charge on any atom is -0.481 e. The maximum atomic E-state index is 11.8. The SMILES string of the molecule is CN(C(=O)C(N)CC(=O)O)C1CCOCC1. The average Bonchev–Trinajstić information content (AvgIpc) is 2.27. The summed E-state index contributed by atoms with van der Waals surface area (Å²) in [4.78, 5) is 23.8. The minimum atomic E-state index is -1.05. The van der Waals surface area contributed by atoms with Gasteiger partial charge >= 0.3 is 5.97 Å². The fraction of sp³-hybridized carbons (Fsp3) is 0.800. The van der Waals surface area contributed by atoms with Crippen LogP contribution in [0.15, 0.2) is 0 Å². The van der Waals surface area contributed by atoms with E-state index >= 15 is 0 Å². The maximum Gasteiger partial charge on any atom is 0.305 e. The van der Waals surface area contributed by atoms with Crippen molar-refractivity contribution < 1.29 is 19.4 Å². The predicted octanol–water partition coefficient (Wildman–Crippen LogP) is -0.574. The summed E-state index contributed by atoms with van der Waals surface area (Å²) >= 11 is 0. The Morgan fingerprint density at radius 1 is 1.50 bits per heavy atom. The zero-order valence-electron chi connectivity index (χ0n) is 9.39. The third kappa shape index (κ3) is 3.46. The summed E-state index contributed by atoms with van der Waals surface area (Å²) in [6.45, 7) is 1.27. The Balaban J connectivity index is 2.48. The fourth-order valence-corrected chi connectivity index (χ4v) is 1.79. The molecule has 1 rings (SSSR count). The number of hydrogen-bond acceptors (Lipinski definition) is 4. The van der Waals surface area contributed by atoms with Gasteiger partial charge in [0, 0.05) is 26.3 Å². The lowest BCUT2D eigenvalue weighted by Crippen LogP contribution is -2.48. The van der Waals surface area contributed by atoms with Crippen LogP contribution in [0.3, 0.4) is 0 Å². The van der Waals surface area contributed by atoms with Gasteiger partial charge in [-0.15, -0.1) is 0 Å². The van der Waals surface area contributed by atoms with Crippen LogP contribution in [0.1, 0.15) is 19.3 Å². The molecule has 1 saturated heterocycles. The van der Waals surface area contributed by atoms with Crippen molar-refractivity contribution in [3.63, 3.8) is 0 Å². The Morgan fingerprint density at radius 2 is 2.06 bits per heavy atom. The highest BCUT2D eigenvalue weighted by atomic mass is 16.5. The number of aliphatic carboxylic acids is 1. The molecule has 1 unspecified atom stereocenters. The molecule has 6 heteroatoms. The summed E-state index contributed by atoms with van der Waals surface area (Å²) in [6, 6.07) is -0.841. The number of rotatable bonds is 4. The molecule has 1 heterocycles. The third-order valence-electron chi connectivity index (χ3n) is 2.80. The number of nitrogens with two attached hydrogens (primary N) is 1. The van der Waals surface area contributed by atoms with E-state index < -0.39 is 12.0 Å². The lowest BCUT2D eigenvalue weighted by Gasteiger charge is -2.32. The van der Waals surface area contributed by atoms with E-state index in [4.69, 9.17) is 15.6 Å². The van der Waals surface area contributed by atoms with Gasteiger partial charge in [-0.3, -0.25) is 9.59 Å². The van der Waals surface area contributed by atoms with Crippen molar-refractivity contribution in [1.82, 2.24) is 4.90 Å². The van der Waals surface area contributed by atoms with Crippen LogP contribution in [0.5, 0.6) is 0 Å². The zero-order chi connectivity index (χ0) is 12.1. The van der Waals surface area contributed by atoms with Crippen molar-refractivity contribution in [3.05, 3.63) is 0 Å². The van der Waals surface area contributed by atoms with E-state index in [1.807, 2.05) is 0 Å². The number of carbonyl (C=O) groups is 2. The largest absolute Gasteiger partial charge is 0.481 e. The molecule has 0 bridgehead atoms. The number of carboxylic acids is 1. The predicted molar refractivity (Wildman–Crippen MR) is 56.8 cm³/mol. The molecular weight excluding hydrogens is 212 g/mol. The van der Waals surface area contributed by atoms with Crippen LogP contribution in [0.25, 0.3) is 0 Å². The highest BCUT2D eigenvalue weighted by molar-refractivity contribution is 5.86. The second kappa shape index (κ2) is 5.81. The van der Waals surface area contributed by atoms with E-state index in [2.05, 4.69) is 0 Å². The highest BCUT2D eigenvalue weighted by Crippen LogP contribution is 2.13. The Morgan fingerprint density at radius 3 is 2.56 bits per heavy atom. The topological polar surface area (TPSA) is 92.9 Å². The molecule has 3 N–H and O–H groups in total. The van der Waals surface area contributed by atoms with Gasteiger partial charge in [0.05, 0.1) is 12.5 Å². The van der Waals surface area contributed by atoms with E-state index in [0.29, 0.717) is 13.2 Å². The van der Waals surface area contributed by atoms with Gasteiger partial charge in [-0.05, 0) is 12.8 Å². The molecule has 1 aliphatic heterocycles. The van der Waals surface area contributed by atoms with Gasteiger partial charge in [0.15, 0.2) is 0 Å². The smallest absolute Gasteiger partial charge is 0.305 e. The molecule has 1 fully saturated rings. The molecule has 0 aliphatic carbocycles. The number of ether oxygens (including phenoxy) is 1. The van der Waals surface area contributed by atoms with Gasteiger partial charge in [0.25, 0.3) is 0 Å². The second-order valence-electron chi connectivity index (χ2n) is 4.00. The lowest BCUT2D eigenvalue weighted by molar-refractivity contribution is -0.143. The Kier molecular flexibility index (Phi) is 4.70. The molecule has 0 spiro atoms. The molecule has 0 saturated carbocycles. The standard InChI is InChI=1S/C10H18N2O4/c1-12(7-2-4-16-5-3-7)10(15)8(11)6-9(13)14/h7-8H,2-6,11H2,1H3,(H,13,14). The van der Waals surface area contributed by atoms with Crippen molar-refractivity contribution >= 4 is 11.9 Å². The molecule has 1 aliphatic rings. The van der Waals surface area contributed by atoms with Crippen LogP contribution in [0.4, 0.5) is 0 Å². The van der Waals surface area contributed by atoms with Gasteiger partial charge in [-0.25, -0.2) is 0 Å². The van der Waals surface area contributed by atoms with Gasteiger partial charge in [-0.2, -0.15) is 0 Å². The van der Waals surface area contributed by atoms with Crippen LogP contribution in [0, 0.1) is 0 Å². The van der Waals surface area contributed by atoms with E-state index in [1.165, 1.54) is 0 Å². The average molecular weight is 230 g/mol. The summed E-state index contributed by atoms with van der Waals surface area (Å²) in [7, 11) is 1.67. The van der Waals surface area contributed by atoms with E-state index in [-0.39, 0.29) is 18.4 Å². The number of hydrogen-bond donors (Lipinski definition) is 2. The normalized spacial score (nSPS) is 19.1.